The summed E-state index contributed by atoms with van der Waals surface area (Å²) < 4.78 is 28.5. The Hall–Kier alpha value is -1.66. The smallest absolute Gasteiger partial charge is 0.244 e. The highest BCUT2D eigenvalue weighted by Gasteiger charge is 2.45. The van der Waals surface area contributed by atoms with Crippen LogP contribution in [0.15, 0.2) is 66.1 Å². The van der Waals surface area contributed by atoms with E-state index in [4.69, 9.17) is 11.6 Å². The van der Waals surface area contributed by atoms with Crippen LogP contribution in [0, 0.1) is 0 Å². The Bertz CT molecular complexity index is 982. The third-order valence-electron chi connectivity index (χ3n) is 6.07. The summed E-state index contributed by atoms with van der Waals surface area (Å²) in [6.45, 7) is 7.49. The number of halogens is 1. The summed E-state index contributed by atoms with van der Waals surface area (Å²) in [6, 6.07) is 15.0. The van der Waals surface area contributed by atoms with Gasteiger partial charge in [0.1, 0.15) is 4.90 Å². The SMILES string of the molecule is C=CCN1CCC2(CC1)CN(S(=O)(=O)c1ccccc1Cl)Cc1ccccc12. The Kier molecular flexibility index (Phi) is 5.36. The van der Waals surface area contributed by atoms with Gasteiger partial charge in [-0.2, -0.15) is 4.31 Å². The molecule has 4 rings (SSSR count). The molecule has 4 nitrogen and oxygen atoms in total. The zero-order chi connectivity index (χ0) is 19.8. The molecule has 28 heavy (non-hydrogen) atoms. The Labute approximate surface area is 172 Å². The molecule has 2 aliphatic rings. The summed E-state index contributed by atoms with van der Waals surface area (Å²) in [6.07, 6.45) is 3.81. The summed E-state index contributed by atoms with van der Waals surface area (Å²) >= 11 is 6.24. The number of hydrogen-bond donors (Lipinski definition) is 0. The Morgan fingerprint density at radius 3 is 2.46 bits per heavy atom. The number of nitrogens with zero attached hydrogens (tertiary/aromatic N) is 2. The van der Waals surface area contributed by atoms with E-state index in [2.05, 4.69) is 29.7 Å². The van der Waals surface area contributed by atoms with E-state index in [0.29, 0.717) is 13.1 Å². The van der Waals surface area contributed by atoms with Gasteiger partial charge in [-0.3, -0.25) is 4.90 Å². The minimum Gasteiger partial charge on any atom is -0.300 e. The summed E-state index contributed by atoms with van der Waals surface area (Å²) in [5.41, 5.74) is 2.25. The number of sulfonamides is 1. The second-order valence-electron chi connectivity index (χ2n) is 7.73. The minimum atomic E-state index is -3.66. The largest absolute Gasteiger partial charge is 0.300 e. The maximum absolute atomic E-state index is 13.4. The lowest BCUT2D eigenvalue weighted by molar-refractivity contribution is 0.138. The zero-order valence-corrected chi connectivity index (χ0v) is 17.4. The number of likely N-dealkylation sites (tertiary alicyclic amines) is 1. The van der Waals surface area contributed by atoms with Gasteiger partial charge in [-0.15, -0.1) is 6.58 Å². The van der Waals surface area contributed by atoms with Gasteiger partial charge in [0.05, 0.1) is 5.02 Å². The van der Waals surface area contributed by atoms with Crippen molar-refractivity contribution in [1.82, 2.24) is 9.21 Å². The molecule has 0 saturated carbocycles. The van der Waals surface area contributed by atoms with E-state index in [-0.39, 0.29) is 15.3 Å². The van der Waals surface area contributed by atoms with Gasteiger partial charge in [0.15, 0.2) is 0 Å². The fourth-order valence-corrected chi connectivity index (χ4v) is 6.58. The third kappa shape index (κ3) is 3.41. The highest BCUT2D eigenvalue weighted by Crippen LogP contribution is 2.43. The van der Waals surface area contributed by atoms with Crippen molar-refractivity contribution in [2.24, 2.45) is 0 Å². The minimum absolute atomic E-state index is 0.152. The molecule has 2 heterocycles. The molecule has 0 unspecified atom stereocenters. The van der Waals surface area contributed by atoms with Crippen LogP contribution in [0.5, 0.6) is 0 Å². The fraction of sp³-hybridized carbons (Fsp3) is 0.364. The van der Waals surface area contributed by atoms with Crippen molar-refractivity contribution < 1.29 is 8.42 Å². The van der Waals surface area contributed by atoms with E-state index in [1.54, 1.807) is 28.6 Å². The van der Waals surface area contributed by atoms with Gasteiger partial charge in [0.2, 0.25) is 10.0 Å². The van der Waals surface area contributed by atoms with E-state index in [9.17, 15) is 8.42 Å². The molecule has 0 aliphatic carbocycles. The second-order valence-corrected chi connectivity index (χ2v) is 10.0. The van der Waals surface area contributed by atoms with Gasteiger partial charge in [0, 0.05) is 25.0 Å². The average molecular weight is 417 g/mol. The average Bonchev–Trinajstić information content (AvgIpc) is 2.70. The van der Waals surface area contributed by atoms with Crippen LogP contribution >= 0.6 is 11.6 Å². The molecular formula is C22H25ClN2O2S. The van der Waals surface area contributed by atoms with Crippen LogP contribution in [0.4, 0.5) is 0 Å². The van der Waals surface area contributed by atoms with Gasteiger partial charge >= 0.3 is 0 Å². The first kappa shape index (κ1) is 19.6. The summed E-state index contributed by atoms with van der Waals surface area (Å²) in [7, 11) is -3.66. The molecule has 1 fully saturated rings. The van der Waals surface area contributed by atoms with Gasteiger partial charge in [-0.25, -0.2) is 8.42 Å². The lowest BCUT2D eigenvalue weighted by atomic mass is 9.69. The summed E-state index contributed by atoms with van der Waals surface area (Å²) in [5.74, 6) is 0. The van der Waals surface area contributed by atoms with E-state index in [1.807, 2.05) is 12.1 Å². The first-order valence-electron chi connectivity index (χ1n) is 9.63. The number of hydrogen-bond acceptors (Lipinski definition) is 3. The van der Waals surface area contributed by atoms with Crippen LogP contribution in [0.2, 0.25) is 5.02 Å². The predicted molar refractivity (Wildman–Crippen MR) is 113 cm³/mol. The second kappa shape index (κ2) is 7.64. The fourth-order valence-electron chi connectivity index (χ4n) is 4.58. The molecule has 1 spiro atoms. The molecule has 2 aliphatic heterocycles. The molecule has 0 bridgehead atoms. The van der Waals surface area contributed by atoms with E-state index in [0.717, 1.165) is 38.0 Å². The first-order chi connectivity index (χ1) is 13.5. The highest BCUT2D eigenvalue weighted by atomic mass is 35.5. The molecule has 0 aromatic heterocycles. The molecular weight excluding hydrogens is 392 g/mol. The molecule has 0 amide bonds. The van der Waals surface area contributed by atoms with Gasteiger partial charge in [-0.05, 0) is 49.2 Å². The molecule has 0 radical (unpaired) electrons. The number of fused-ring (bicyclic) bond motifs is 2. The molecule has 0 atom stereocenters. The van der Waals surface area contributed by atoms with Crippen LogP contribution < -0.4 is 0 Å². The molecule has 0 N–H and O–H groups in total. The normalized spacial score (nSPS) is 20.0. The van der Waals surface area contributed by atoms with Crippen LogP contribution in [0.1, 0.15) is 24.0 Å². The Morgan fingerprint density at radius 1 is 1.07 bits per heavy atom. The van der Waals surface area contributed by atoms with Gasteiger partial charge < -0.3 is 0 Å². The molecule has 2 aromatic rings. The van der Waals surface area contributed by atoms with Crippen molar-refractivity contribution >= 4 is 21.6 Å². The quantitative estimate of drug-likeness (QED) is 0.705. The van der Waals surface area contributed by atoms with Gasteiger partial charge in [-0.1, -0.05) is 54.1 Å². The standard InChI is InChI=1S/C22H25ClN2O2S/c1-2-13-24-14-11-22(12-15-24)17-25(16-18-7-3-4-8-19(18)22)28(26,27)21-10-6-5-9-20(21)23/h2-10H,1,11-17H2. The molecule has 6 heteroatoms. The molecule has 1 saturated heterocycles. The number of benzene rings is 2. The van der Waals surface area contributed by atoms with Gasteiger partial charge in [0.25, 0.3) is 0 Å². The summed E-state index contributed by atoms with van der Waals surface area (Å²) in [5, 5.41) is 0.274. The van der Waals surface area contributed by atoms with E-state index < -0.39 is 10.0 Å². The third-order valence-corrected chi connectivity index (χ3v) is 8.36. The van der Waals surface area contributed by atoms with Crippen molar-refractivity contribution in [3.8, 4) is 0 Å². The maximum Gasteiger partial charge on any atom is 0.244 e. The Balaban J connectivity index is 1.72. The van der Waals surface area contributed by atoms with Crippen LogP contribution in [-0.2, 0) is 22.0 Å². The summed E-state index contributed by atoms with van der Waals surface area (Å²) in [4.78, 5) is 2.57. The first-order valence-corrected chi connectivity index (χ1v) is 11.4. The van der Waals surface area contributed by atoms with Crippen LogP contribution in [0.3, 0.4) is 0 Å². The zero-order valence-electron chi connectivity index (χ0n) is 15.9. The lowest BCUT2D eigenvalue weighted by Crippen LogP contribution is -2.53. The maximum atomic E-state index is 13.4. The predicted octanol–water partition coefficient (Wildman–Crippen LogP) is 4.06. The van der Waals surface area contributed by atoms with E-state index >= 15 is 0 Å². The van der Waals surface area contributed by atoms with Crippen LogP contribution in [-0.4, -0.2) is 43.8 Å². The Morgan fingerprint density at radius 2 is 1.75 bits per heavy atom. The molecule has 148 valence electrons. The molecule has 2 aromatic carbocycles. The van der Waals surface area contributed by atoms with E-state index in [1.165, 1.54) is 5.56 Å². The number of rotatable bonds is 4. The van der Waals surface area contributed by atoms with Crippen molar-refractivity contribution in [3.63, 3.8) is 0 Å². The van der Waals surface area contributed by atoms with Crippen molar-refractivity contribution in [1.29, 1.82) is 0 Å². The lowest BCUT2D eigenvalue weighted by Gasteiger charge is -2.48. The topological polar surface area (TPSA) is 40.6 Å². The van der Waals surface area contributed by atoms with Crippen molar-refractivity contribution in [2.75, 3.05) is 26.2 Å². The monoisotopic (exact) mass is 416 g/mol. The van der Waals surface area contributed by atoms with Crippen LogP contribution in [0.25, 0.3) is 0 Å². The number of piperidine rings is 1. The van der Waals surface area contributed by atoms with Crippen molar-refractivity contribution in [3.05, 3.63) is 77.3 Å². The van der Waals surface area contributed by atoms with Crippen molar-refractivity contribution in [2.45, 2.75) is 29.7 Å². The highest BCUT2D eigenvalue weighted by molar-refractivity contribution is 7.89.